The summed E-state index contributed by atoms with van der Waals surface area (Å²) in [5, 5.41) is 7.40. The van der Waals surface area contributed by atoms with E-state index >= 15 is 0 Å². The van der Waals surface area contributed by atoms with Crippen LogP contribution in [0, 0.1) is 0 Å². The second-order valence-corrected chi connectivity index (χ2v) is 5.98. The average molecular weight is 281 g/mol. The van der Waals surface area contributed by atoms with Crippen molar-refractivity contribution in [1.29, 1.82) is 0 Å². The second kappa shape index (κ2) is 6.21. The van der Waals surface area contributed by atoms with Gasteiger partial charge < -0.3 is 15.0 Å². The minimum atomic E-state index is -0.460. The van der Waals surface area contributed by atoms with Gasteiger partial charge in [0.2, 0.25) is 0 Å². The molecule has 0 spiro atoms. The molecular weight excluding hydrogens is 258 g/mol. The fourth-order valence-corrected chi connectivity index (χ4v) is 2.21. The minimum absolute atomic E-state index is 0.128. The van der Waals surface area contributed by atoms with Crippen LogP contribution in [0.3, 0.4) is 0 Å². The fourth-order valence-electron chi connectivity index (χ4n) is 2.21. The van der Waals surface area contributed by atoms with Crippen molar-refractivity contribution in [2.24, 2.45) is 0 Å². The number of amides is 1. The number of rotatable bonds is 3. The Morgan fingerprint density at radius 3 is 2.95 bits per heavy atom. The van der Waals surface area contributed by atoms with Gasteiger partial charge in [-0.3, -0.25) is 4.68 Å². The van der Waals surface area contributed by atoms with E-state index in [2.05, 4.69) is 15.4 Å². The summed E-state index contributed by atoms with van der Waals surface area (Å²) in [6.07, 6.45) is 3.80. The lowest BCUT2D eigenvalue weighted by atomic mass is 10.1. The first kappa shape index (κ1) is 14.8. The zero-order chi connectivity index (χ0) is 14.6. The van der Waals surface area contributed by atoms with E-state index in [0.29, 0.717) is 6.54 Å². The number of nitrogens with zero attached hydrogens (tertiary/aromatic N) is 4. The summed E-state index contributed by atoms with van der Waals surface area (Å²) < 4.78 is 7.25. The summed E-state index contributed by atoms with van der Waals surface area (Å²) in [6.45, 7) is 8.67. The van der Waals surface area contributed by atoms with Gasteiger partial charge in [0.05, 0.1) is 0 Å². The van der Waals surface area contributed by atoms with Crippen molar-refractivity contribution in [3.8, 4) is 0 Å². The number of carbonyl (C=O) groups is 1. The van der Waals surface area contributed by atoms with Crippen molar-refractivity contribution in [2.45, 2.75) is 45.4 Å². The van der Waals surface area contributed by atoms with Gasteiger partial charge in [-0.2, -0.15) is 5.10 Å². The molecule has 1 aromatic rings. The Morgan fingerprint density at radius 1 is 1.50 bits per heavy atom. The molecule has 1 N–H and O–H groups in total. The van der Waals surface area contributed by atoms with E-state index in [9.17, 15) is 4.79 Å². The van der Waals surface area contributed by atoms with Crippen LogP contribution < -0.4 is 5.32 Å². The number of nitrogens with one attached hydrogen (secondary N) is 1. The molecule has 0 bridgehead atoms. The topological polar surface area (TPSA) is 72.3 Å². The highest BCUT2D eigenvalue weighted by molar-refractivity contribution is 5.68. The van der Waals surface area contributed by atoms with E-state index in [0.717, 1.165) is 26.1 Å². The molecule has 0 aromatic carbocycles. The maximum Gasteiger partial charge on any atom is 0.410 e. The lowest BCUT2D eigenvalue weighted by molar-refractivity contribution is 0.0106. The average Bonchev–Trinajstić information content (AvgIpc) is 2.87. The monoisotopic (exact) mass is 281 g/mol. The van der Waals surface area contributed by atoms with Crippen molar-refractivity contribution in [2.75, 3.05) is 19.6 Å². The molecule has 1 saturated heterocycles. The highest BCUT2D eigenvalue weighted by atomic mass is 16.6. The maximum absolute atomic E-state index is 12.2. The molecule has 112 valence electrons. The van der Waals surface area contributed by atoms with E-state index in [1.54, 1.807) is 11.0 Å². The Balaban J connectivity index is 1.92. The molecule has 0 radical (unpaired) electrons. The van der Waals surface area contributed by atoms with E-state index < -0.39 is 5.60 Å². The van der Waals surface area contributed by atoms with E-state index in [-0.39, 0.29) is 12.1 Å². The number of hydrogen-bond acceptors (Lipinski definition) is 5. The van der Waals surface area contributed by atoms with Gasteiger partial charge in [-0.1, -0.05) is 0 Å². The predicted octanol–water partition coefficient (Wildman–Crippen LogP) is 0.877. The highest BCUT2D eigenvalue weighted by Crippen LogP contribution is 2.15. The molecule has 1 atom stereocenters. The smallest absolute Gasteiger partial charge is 0.410 e. The first-order valence-corrected chi connectivity index (χ1v) is 6.98. The molecule has 1 unspecified atom stereocenters. The van der Waals surface area contributed by atoms with Crippen molar-refractivity contribution >= 4 is 6.09 Å². The van der Waals surface area contributed by atoms with Gasteiger partial charge in [0, 0.05) is 32.2 Å². The zero-order valence-electron chi connectivity index (χ0n) is 12.4. The Morgan fingerprint density at radius 2 is 2.30 bits per heavy atom. The summed E-state index contributed by atoms with van der Waals surface area (Å²) in [5.74, 6) is 0. The Labute approximate surface area is 119 Å². The first-order chi connectivity index (χ1) is 9.46. The van der Waals surface area contributed by atoms with Crippen LogP contribution >= 0.6 is 0 Å². The van der Waals surface area contributed by atoms with Crippen LogP contribution in [-0.2, 0) is 11.3 Å². The molecule has 1 aliphatic heterocycles. The van der Waals surface area contributed by atoms with Crippen LogP contribution in [0.2, 0.25) is 0 Å². The normalized spacial score (nSPS) is 19.9. The molecule has 1 fully saturated rings. The number of ether oxygens (including phenoxy) is 1. The molecule has 0 aliphatic carbocycles. The van der Waals surface area contributed by atoms with Gasteiger partial charge in [-0.15, -0.1) is 0 Å². The Kier molecular flexibility index (Phi) is 4.59. The standard InChI is InChI=1S/C13H23N5O2/c1-13(2,3)20-12(19)18-7-5-14-8-11(18)4-6-17-10-15-9-16-17/h9-11,14H,4-8H2,1-3H3. The number of carbonyl (C=O) groups excluding carboxylic acids is 1. The van der Waals surface area contributed by atoms with Crippen molar-refractivity contribution in [1.82, 2.24) is 25.0 Å². The van der Waals surface area contributed by atoms with Gasteiger partial charge in [-0.25, -0.2) is 9.78 Å². The maximum atomic E-state index is 12.2. The zero-order valence-corrected chi connectivity index (χ0v) is 12.4. The van der Waals surface area contributed by atoms with Crippen LogP contribution in [-0.4, -0.2) is 57.0 Å². The van der Waals surface area contributed by atoms with Crippen molar-refractivity contribution in [3.63, 3.8) is 0 Å². The molecule has 20 heavy (non-hydrogen) atoms. The molecule has 0 saturated carbocycles. The van der Waals surface area contributed by atoms with Crippen molar-refractivity contribution < 1.29 is 9.53 Å². The summed E-state index contributed by atoms with van der Waals surface area (Å²) in [6, 6.07) is 0.128. The summed E-state index contributed by atoms with van der Waals surface area (Å²) in [5.41, 5.74) is -0.460. The first-order valence-electron chi connectivity index (χ1n) is 6.98. The van der Waals surface area contributed by atoms with Gasteiger partial charge in [0.25, 0.3) is 0 Å². The van der Waals surface area contributed by atoms with Crippen LogP contribution in [0.15, 0.2) is 12.7 Å². The molecule has 2 heterocycles. The minimum Gasteiger partial charge on any atom is -0.444 e. The molecule has 1 aromatic heterocycles. The quantitative estimate of drug-likeness (QED) is 0.890. The van der Waals surface area contributed by atoms with E-state index in [4.69, 9.17) is 4.74 Å². The summed E-state index contributed by atoms with van der Waals surface area (Å²) in [7, 11) is 0. The Bertz CT molecular complexity index is 426. The molecule has 1 amide bonds. The largest absolute Gasteiger partial charge is 0.444 e. The molecule has 7 nitrogen and oxygen atoms in total. The number of piperazine rings is 1. The Hall–Kier alpha value is -1.63. The number of aryl methyl sites for hydroxylation is 1. The van der Waals surface area contributed by atoms with Gasteiger partial charge in [0.1, 0.15) is 18.3 Å². The second-order valence-electron chi connectivity index (χ2n) is 5.98. The third-order valence-electron chi connectivity index (χ3n) is 3.14. The molecule has 7 heteroatoms. The molecule has 1 aliphatic rings. The van der Waals surface area contributed by atoms with Crippen molar-refractivity contribution in [3.05, 3.63) is 12.7 Å². The van der Waals surface area contributed by atoms with Crippen LogP contribution in [0.25, 0.3) is 0 Å². The van der Waals surface area contributed by atoms with Gasteiger partial charge in [0.15, 0.2) is 0 Å². The molecule has 2 rings (SSSR count). The SMILES string of the molecule is CC(C)(C)OC(=O)N1CCNCC1CCn1cncn1. The number of hydrogen-bond donors (Lipinski definition) is 1. The van der Waals surface area contributed by atoms with Crippen LogP contribution in [0.4, 0.5) is 4.79 Å². The van der Waals surface area contributed by atoms with Crippen LogP contribution in [0.5, 0.6) is 0 Å². The summed E-state index contributed by atoms with van der Waals surface area (Å²) in [4.78, 5) is 18.0. The van der Waals surface area contributed by atoms with Gasteiger partial charge >= 0.3 is 6.09 Å². The van der Waals surface area contributed by atoms with E-state index in [1.807, 2.05) is 25.7 Å². The van der Waals surface area contributed by atoms with E-state index in [1.165, 1.54) is 6.33 Å². The third kappa shape index (κ3) is 4.19. The number of aromatic nitrogens is 3. The predicted molar refractivity (Wildman–Crippen MR) is 74.2 cm³/mol. The molecular formula is C13H23N5O2. The fraction of sp³-hybridized carbons (Fsp3) is 0.769. The third-order valence-corrected chi connectivity index (χ3v) is 3.14. The highest BCUT2D eigenvalue weighted by Gasteiger charge is 2.30. The van der Waals surface area contributed by atoms with Gasteiger partial charge in [-0.05, 0) is 27.2 Å². The lowest BCUT2D eigenvalue weighted by Gasteiger charge is -2.37. The summed E-state index contributed by atoms with van der Waals surface area (Å²) >= 11 is 0. The van der Waals surface area contributed by atoms with Crippen LogP contribution in [0.1, 0.15) is 27.2 Å². The lowest BCUT2D eigenvalue weighted by Crippen LogP contribution is -2.55.